The minimum atomic E-state index is 0.557. The first kappa shape index (κ1) is 11.8. The van der Waals surface area contributed by atoms with Gasteiger partial charge in [-0.25, -0.2) is 0 Å². The van der Waals surface area contributed by atoms with Gasteiger partial charge in [0.2, 0.25) is 0 Å². The third kappa shape index (κ3) is 2.23. The fraction of sp³-hybridized carbons (Fsp3) is 0.429. The van der Waals surface area contributed by atoms with E-state index < -0.39 is 0 Å². The molecule has 0 aliphatic carbocycles. The predicted octanol–water partition coefficient (Wildman–Crippen LogP) is 4.21. The summed E-state index contributed by atoms with van der Waals surface area (Å²) in [5.41, 5.74) is 3.96. The summed E-state index contributed by atoms with van der Waals surface area (Å²) in [6, 6.07) is 2.19. The largest absolute Gasteiger partial charge is 0.348 e. The Morgan fingerprint density at radius 3 is 2.60 bits per heavy atom. The number of hydrogen-bond acceptors (Lipinski definition) is 0. The van der Waals surface area contributed by atoms with Gasteiger partial charge in [-0.3, -0.25) is 0 Å². The van der Waals surface area contributed by atoms with Crippen molar-refractivity contribution >= 4 is 11.6 Å². The fourth-order valence-electron chi connectivity index (χ4n) is 2.03. The van der Waals surface area contributed by atoms with Crippen LogP contribution < -0.4 is 0 Å². The molecule has 15 heavy (non-hydrogen) atoms. The topological polar surface area (TPSA) is 4.93 Å². The van der Waals surface area contributed by atoms with Crippen LogP contribution in [-0.4, -0.2) is 4.57 Å². The highest BCUT2D eigenvalue weighted by Crippen LogP contribution is 2.27. The average Bonchev–Trinajstić information content (AvgIpc) is 2.61. The van der Waals surface area contributed by atoms with E-state index in [2.05, 4.69) is 57.2 Å². The molecule has 0 saturated carbocycles. The van der Waals surface area contributed by atoms with E-state index in [0.717, 1.165) is 6.54 Å². The van der Waals surface area contributed by atoms with E-state index >= 15 is 0 Å². The van der Waals surface area contributed by atoms with Crippen molar-refractivity contribution < 1.29 is 0 Å². The van der Waals surface area contributed by atoms with Crippen LogP contribution in [0.15, 0.2) is 24.9 Å². The highest BCUT2D eigenvalue weighted by atomic mass is 15.0. The van der Waals surface area contributed by atoms with Crippen LogP contribution in [0.1, 0.15) is 39.0 Å². The van der Waals surface area contributed by atoms with Crippen LogP contribution in [0.4, 0.5) is 0 Å². The maximum absolute atomic E-state index is 3.90. The van der Waals surface area contributed by atoms with E-state index in [1.807, 2.05) is 6.08 Å². The predicted molar refractivity (Wildman–Crippen MR) is 68.7 cm³/mol. The van der Waals surface area contributed by atoms with Gasteiger partial charge in [0.05, 0.1) is 0 Å². The fourth-order valence-corrected chi connectivity index (χ4v) is 2.03. The van der Waals surface area contributed by atoms with Crippen molar-refractivity contribution in [1.29, 1.82) is 0 Å². The third-order valence-corrected chi connectivity index (χ3v) is 2.78. The number of nitrogens with zero attached hydrogens (tertiary/aromatic N) is 1. The van der Waals surface area contributed by atoms with Gasteiger partial charge in [-0.1, -0.05) is 26.5 Å². The zero-order chi connectivity index (χ0) is 11.4. The lowest BCUT2D eigenvalue weighted by Crippen LogP contribution is -1.99. The van der Waals surface area contributed by atoms with Crippen LogP contribution in [0.2, 0.25) is 0 Å². The van der Waals surface area contributed by atoms with Crippen LogP contribution in [0, 0.1) is 5.92 Å². The Kier molecular flexibility index (Phi) is 3.96. The molecule has 0 N–H and O–H groups in total. The van der Waals surface area contributed by atoms with E-state index in [9.17, 15) is 0 Å². The summed E-state index contributed by atoms with van der Waals surface area (Å²) in [4.78, 5) is 0. The van der Waals surface area contributed by atoms with Crippen molar-refractivity contribution in [2.45, 2.75) is 34.2 Å². The number of rotatable bonds is 4. The zero-order valence-corrected chi connectivity index (χ0v) is 10.2. The summed E-state index contributed by atoms with van der Waals surface area (Å²) in [5, 5.41) is 0. The van der Waals surface area contributed by atoms with E-state index in [4.69, 9.17) is 0 Å². The van der Waals surface area contributed by atoms with E-state index in [-0.39, 0.29) is 0 Å². The van der Waals surface area contributed by atoms with Gasteiger partial charge in [0.25, 0.3) is 0 Å². The van der Waals surface area contributed by atoms with Gasteiger partial charge in [-0.2, -0.15) is 0 Å². The smallest absolute Gasteiger partial charge is 0.0476 e. The summed E-state index contributed by atoms with van der Waals surface area (Å²) in [5.74, 6) is 0.557. The van der Waals surface area contributed by atoms with Crippen LogP contribution in [-0.2, 0) is 6.54 Å². The molecular formula is C14H21N. The first-order chi connectivity index (χ1) is 7.15. The second kappa shape index (κ2) is 5.01. The maximum atomic E-state index is 3.90. The number of aryl methyl sites for hydroxylation is 1. The molecular weight excluding hydrogens is 182 g/mol. The van der Waals surface area contributed by atoms with Crippen molar-refractivity contribution in [1.82, 2.24) is 4.57 Å². The van der Waals surface area contributed by atoms with Crippen LogP contribution in [0.3, 0.4) is 0 Å². The Labute approximate surface area is 93.1 Å². The van der Waals surface area contributed by atoms with E-state index in [0.29, 0.717) is 5.92 Å². The number of allylic oxidation sites excluding steroid dienone is 2. The standard InChI is InChI=1S/C14H21N/c1-6-12(11(4)5)13-9-10-15(8-3)14(13)7-2/h6-7,9-11H,2,8H2,1,3-5H3/b12-6-. The summed E-state index contributed by atoms with van der Waals surface area (Å²) in [6.45, 7) is 13.6. The lowest BCUT2D eigenvalue weighted by Gasteiger charge is -2.12. The Bertz CT molecular complexity index is 367. The Morgan fingerprint density at radius 1 is 1.53 bits per heavy atom. The minimum absolute atomic E-state index is 0.557. The Hall–Kier alpha value is -1.24. The summed E-state index contributed by atoms with van der Waals surface area (Å²) in [7, 11) is 0. The highest BCUT2D eigenvalue weighted by Gasteiger charge is 2.11. The second-order valence-corrected chi connectivity index (χ2v) is 4.00. The van der Waals surface area contributed by atoms with Crippen molar-refractivity contribution in [2.24, 2.45) is 5.92 Å². The van der Waals surface area contributed by atoms with Gasteiger partial charge >= 0.3 is 0 Å². The molecule has 0 aliphatic rings. The minimum Gasteiger partial charge on any atom is -0.348 e. The van der Waals surface area contributed by atoms with E-state index in [1.165, 1.54) is 16.8 Å². The van der Waals surface area contributed by atoms with Gasteiger partial charge in [0, 0.05) is 24.0 Å². The Balaban J connectivity index is 3.25. The third-order valence-electron chi connectivity index (χ3n) is 2.78. The number of aromatic nitrogens is 1. The molecule has 1 rings (SSSR count). The number of hydrogen-bond donors (Lipinski definition) is 0. The van der Waals surface area contributed by atoms with Gasteiger partial charge in [0.1, 0.15) is 0 Å². The van der Waals surface area contributed by atoms with E-state index in [1.54, 1.807) is 0 Å². The molecule has 1 heteroatoms. The van der Waals surface area contributed by atoms with Crippen molar-refractivity contribution in [3.05, 3.63) is 36.2 Å². The molecule has 1 aromatic heterocycles. The highest BCUT2D eigenvalue weighted by molar-refractivity contribution is 5.73. The van der Waals surface area contributed by atoms with Crippen LogP contribution >= 0.6 is 0 Å². The SMILES string of the molecule is C=Cc1c(/C(=C\C)C(C)C)ccn1CC. The van der Waals surface area contributed by atoms with Crippen LogP contribution in [0.25, 0.3) is 11.6 Å². The molecule has 0 amide bonds. The molecule has 0 radical (unpaired) electrons. The lowest BCUT2D eigenvalue weighted by molar-refractivity contribution is 0.759. The second-order valence-electron chi connectivity index (χ2n) is 4.00. The quantitative estimate of drug-likeness (QED) is 0.690. The normalized spacial score (nSPS) is 12.2. The molecule has 0 atom stereocenters. The maximum Gasteiger partial charge on any atom is 0.0476 e. The lowest BCUT2D eigenvalue weighted by atomic mass is 9.95. The van der Waals surface area contributed by atoms with Gasteiger partial charge in [-0.15, -0.1) is 0 Å². The first-order valence-electron chi connectivity index (χ1n) is 5.63. The molecule has 1 aromatic rings. The first-order valence-corrected chi connectivity index (χ1v) is 5.63. The summed E-state index contributed by atoms with van der Waals surface area (Å²) < 4.78 is 2.23. The zero-order valence-electron chi connectivity index (χ0n) is 10.2. The molecule has 0 spiro atoms. The van der Waals surface area contributed by atoms with Crippen molar-refractivity contribution in [2.75, 3.05) is 0 Å². The average molecular weight is 203 g/mol. The van der Waals surface area contributed by atoms with Crippen molar-refractivity contribution in [3.63, 3.8) is 0 Å². The molecule has 1 nitrogen and oxygen atoms in total. The molecule has 0 fully saturated rings. The molecule has 1 heterocycles. The molecule has 0 aromatic carbocycles. The molecule has 82 valence electrons. The molecule has 0 unspecified atom stereocenters. The van der Waals surface area contributed by atoms with Gasteiger partial charge in [0.15, 0.2) is 0 Å². The molecule has 0 bridgehead atoms. The van der Waals surface area contributed by atoms with Gasteiger partial charge < -0.3 is 4.57 Å². The Morgan fingerprint density at radius 2 is 2.20 bits per heavy atom. The molecule has 0 aliphatic heterocycles. The van der Waals surface area contributed by atoms with Gasteiger partial charge in [-0.05, 0) is 37.5 Å². The monoisotopic (exact) mass is 203 g/mol. The van der Waals surface area contributed by atoms with Crippen molar-refractivity contribution in [3.8, 4) is 0 Å². The molecule has 0 saturated heterocycles. The van der Waals surface area contributed by atoms with Crippen LogP contribution in [0.5, 0.6) is 0 Å². The summed E-state index contributed by atoms with van der Waals surface area (Å²) >= 11 is 0. The summed E-state index contributed by atoms with van der Waals surface area (Å²) in [6.07, 6.45) is 6.29.